The summed E-state index contributed by atoms with van der Waals surface area (Å²) in [5, 5.41) is 11.9. The number of aromatic hydroxyl groups is 1. The van der Waals surface area contributed by atoms with Crippen LogP contribution in [0.1, 0.15) is 37.0 Å². The van der Waals surface area contributed by atoms with E-state index in [1.54, 1.807) is 12.1 Å². The van der Waals surface area contributed by atoms with Crippen LogP contribution >= 0.6 is 0 Å². The van der Waals surface area contributed by atoms with Crippen molar-refractivity contribution in [3.05, 3.63) is 29.8 Å². The van der Waals surface area contributed by atoms with Gasteiger partial charge in [0.15, 0.2) is 0 Å². The maximum absolute atomic E-state index is 11.6. The summed E-state index contributed by atoms with van der Waals surface area (Å²) in [4.78, 5) is 11.6. The van der Waals surface area contributed by atoms with Crippen LogP contribution in [0.25, 0.3) is 0 Å². The molecule has 2 N–H and O–H groups in total. The predicted molar refractivity (Wildman–Crippen MR) is 64.5 cm³/mol. The van der Waals surface area contributed by atoms with E-state index in [-0.39, 0.29) is 11.7 Å². The van der Waals surface area contributed by atoms with Crippen LogP contribution in [0.4, 0.5) is 0 Å². The number of carbonyl (C=O) groups excluding carboxylic acids is 1. The molecule has 0 heterocycles. The summed E-state index contributed by atoms with van der Waals surface area (Å²) in [6, 6.07) is 6.27. The second-order valence-corrected chi connectivity index (χ2v) is 4.34. The maximum Gasteiger partial charge on any atom is 0.251 e. The van der Waals surface area contributed by atoms with E-state index in [0.717, 1.165) is 12.8 Å². The number of carbonyl (C=O) groups is 1. The van der Waals surface area contributed by atoms with Gasteiger partial charge in [0.2, 0.25) is 0 Å². The third-order valence-electron chi connectivity index (χ3n) is 2.37. The monoisotopic (exact) mass is 221 g/mol. The van der Waals surface area contributed by atoms with Crippen molar-refractivity contribution < 1.29 is 9.90 Å². The Labute approximate surface area is 96.5 Å². The molecule has 1 rings (SSSR count). The standard InChI is InChI=1S/C13H19NO2/c1-10(2)4-3-9-14-13(16)11-5-7-12(15)8-6-11/h5-8,10,15H,3-4,9H2,1-2H3,(H,14,16). The van der Waals surface area contributed by atoms with Crippen LogP contribution in [0.3, 0.4) is 0 Å². The number of phenolic OH excluding ortho intramolecular Hbond substituents is 1. The van der Waals surface area contributed by atoms with Crippen LogP contribution in [-0.2, 0) is 0 Å². The number of rotatable bonds is 5. The fourth-order valence-electron chi connectivity index (χ4n) is 1.43. The minimum atomic E-state index is -0.0799. The molecule has 16 heavy (non-hydrogen) atoms. The van der Waals surface area contributed by atoms with E-state index in [9.17, 15) is 4.79 Å². The van der Waals surface area contributed by atoms with Gasteiger partial charge in [-0.2, -0.15) is 0 Å². The van der Waals surface area contributed by atoms with E-state index in [2.05, 4.69) is 19.2 Å². The van der Waals surface area contributed by atoms with Crippen molar-refractivity contribution in [1.29, 1.82) is 0 Å². The number of hydrogen-bond acceptors (Lipinski definition) is 2. The van der Waals surface area contributed by atoms with E-state index in [4.69, 9.17) is 5.11 Å². The molecule has 1 amide bonds. The zero-order valence-electron chi connectivity index (χ0n) is 9.86. The highest BCUT2D eigenvalue weighted by Gasteiger charge is 2.04. The second kappa shape index (κ2) is 6.16. The molecule has 0 unspecified atom stereocenters. The molecular formula is C13H19NO2. The van der Waals surface area contributed by atoms with Gasteiger partial charge in [-0.25, -0.2) is 0 Å². The van der Waals surface area contributed by atoms with Crippen molar-refractivity contribution in [3.63, 3.8) is 0 Å². The molecule has 88 valence electrons. The molecule has 0 aliphatic carbocycles. The van der Waals surface area contributed by atoms with E-state index >= 15 is 0 Å². The first-order valence-corrected chi connectivity index (χ1v) is 5.67. The average Bonchev–Trinajstić information content (AvgIpc) is 2.25. The van der Waals surface area contributed by atoms with Gasteiger partial charge in [-0.1, -0.05) is 13.8 Å². The number of amides is 1. The predicted octanol–water partition coefficient (Wildman–Crippen LogP) is 2.56. The lowest BCUT2D eigenvalue weighted by atomic mass is 10.1. The quantitative estimate of drug-likeness (QED) is 0.751. The SMILES string of the molecule is CC(C)CCCNC(=O)c1ccc(O)cc1. The lowest BCUT2D eigenvalue weighted by Gasteiger charge is -2.06. The van der Waals surface area contributed by atoms with Gasteiger partial charge in [-0.05, 0) is 43.0 Å². The molecule has 0 radical (unpaired) electrons. The van der Waals surface area contributed by atoms with Gasteiger partial charge in [-0.15, -0.1) is 0 Å². The molecule has 0 fully saturated rings. The van der Waals surface area contributed by atoms with Gasteiger partial charge in [0.05, 0.1) is 0 Å². The Kier molecular flexibility index (Phi) is 4.83. The minimum Gasteiger partial charge on any atom is -0.508 e. The van der Waals surface area contributed by atoms with Crippen molar-refractivity contribution in [2.45, 2.75) is 26.7 Å². The molecule has 0 aliphatic rings. The minimum absolute atomic E-state index is 0.0799. The Morgan fingerprint density at radius 1 is 1.31 bits per heavy atom. The Hall–Kier alpha value is -1.51. The molecule has 0 atom stereocenters. The van der Waals surface area contributed by atoms with E-state index < -0.39 is 0 Å². The molecule has 0 saturated carbocycles. The topological polar surface area (TPSA) is 49.3 Å². The Balaban J connectivity index is 2.32. The fraction of sp³-hybridized carbons (Fsp3) is 0.462. The molecule has 1 aromatic carbocycles. The van der Waals surface area contributed by atoms with Crippen LogP contribution in [-0.4, -0.2) is 17.6 Å². The largest absolute Gasteiger partial charge is 0.508 e. The van der Waals surface area contributed by atoms with E-state index in [0.29, 0.717) is 18.0 Å². The molecule has 0 bridgehead atoms. The van der Waals surface area contributed by atoms with Crippen LogP contribution in [0.2, 0.25) is 0 Å². The Morgan fingerprint density at radius 3 is 2.50 bits per heavy atom. The van der Waals surface area contributed by atoms with E-state index in [1.807, 2.05) is 0 Å². The number of phenols is 1. The van der Waals surface area contributed by atoms with Crippen molar-refractivity contribution in [2.75, 3.05) is 6.54 Å². The summed E-state index contributed by atoms with van der Waals surface area (Å²) in [6.07, 6.45) is 2.12. The first kappa shape index (κ1) is 12.6. The second-order valence-electron chi connectivity index (χ2n) is 4.34. The normalized spacial score (nSPS) is 10.4. The third-order valence-corrected chi connectivity index (χ3v) is 2.37. The van der Waals surface area contributed by atoms with Crippen molar-refractivity contribution in [2.24, 2.45) is 5.92 Å². The molecule has 1 aromatic rings. The highest BCUT2D eigenvalue weighted by Crippen LogP contribution is 2.09. The highest BCUT2D eigenvalue weighted by molar-refractivity contribution is 5.94. The third kappa shape index (κ3) is 4.34. The number of hydrogen-bond donors (Lipinski definition) is 2. The van der Waals surface area contributed by atoms with Crippen molar-refractivity contribution >= 4 is 5.91 Å². The molecule has 0 aliphatic heterocycles. The first-order valence-electron chi connectivity index (χ1n) is 5.67. The zero-order valence-corrected chi connectivity index (χ0v) is 9.86. The highest BCUT2D eigenvalue weighted by atomic mass is 16.3. The molecule has 3 nitrogen and oxygen atoms in total. The van der Waals surface area contributed by atoms with Crippen LogP contribution in [0.5, 0.6) is 5.75 Å². The number of nitrogens with one attached hydrogen (secondary N) is 1. The van der Waals surface area contributed by atoms with Gasteiger partial charge < -0.3 is 10.4 Å². The van der Waals surface area contributed by atoms with Crippen LogP contribution < -0.4 is 5.32 Å². The van der Waals surface area contributed by atoms with Crippen molar-refractivity contribution in [3.8, 4) is 5.75 Å². The lowest BCUT2D eigenvalue weighted by Crippen LogP contribution is -2.24. The summed E-state index contributed by atoms with van der Waals surface area (Å²) >= 11 is 0. The summed E-state index contributed by atoms with van der Waals surface area (Å²) in [7, 11) is 0. The zero-order chi connectivity index (χ0) is 12.0. The molecule has 0 saturated heterocycles. The molecule has 0 aromatic heterocycles. The summed E-state index contributed by atoms with van der Waals surface area (Å²) in [5.74, 6) is 0.769. The first-order chi connectivity index (χ1) is 7.59. The van der Waals surface area contributed by atoms with Gasteiger partial charge >= 0.3 is 0 Å². The number of benzene rings is 1. The Bertz CT molecular complexity index is 330. The van der Waals surface area contributed by atoms with Gasteiger partial charge in [-0.3, -0.25) is 4.79 Å². The fourth-order valence-corrected chi connectivity index (χ4v) is 1.43. The maximum atomic E-state index is 11.6. The van der Waals surface area contributed by atoms with Gasteiger partial charge in [0, 0.05) is 12.1 Å². The smallest absolute Gasteiger partial charge is 0.251 e. The molecule has 0 spiro atoms. The summed E-state index contributed by atoms with van der Waals surface area (Å²) < 4.78 is 0. The van der Waals surface area contributed by atoms with Crippen LogP contribution in [0, 0.1) is 5.92 Å². The van der Waals surface area contributed by atoms with Crippen LogP contribution in [0.15, 0.2) is 24.3 Å². The summed E-state index contributed by atoms with van der Waals surface area (Å²) in [5.41, 5.74) is 0.586. The lowest BCUT2D eigenvalue weighted by molar-refractivity contribution is 0.0952. The van der Waals surface area contributed by atoms with Gasteiger partial charge in [0.25, 0.3) is 5.91 Å². The van der Waals surface area contributed by atoms with Gasteiger partial charge in [0.1, 0.15) is 5.75 Å². The molecular weight excluding hydrogens is 202 g/mol. The molecule has 3 heteroatoms. The summed E-state index contributed by atoms with van der Waals surface area (Å²) in [6.45, 7) is 5.04. The average molecular weight is 221 g/mol. The van der Waals surface area contributed by atoms with Crippen molar-refractivity contribution in [1.82, 2.24) is 5.32 Å². The Morgan fingerprint density at radius 2 is 1.94 bits per heavy atom. The van der Waals surface area contributed by atoms with E-state index in [1.165, 1.54) is 12.1 Å².